The summed E-state index contributed by atoms with van der Waals surface area (Å²) >= 11 is 8.01. The number of thioether (sulfide) groups is 1. The van der Waals surface area contributed by atoms with Gasteiger partial charge in [0.1, 0.15) is 5.75 Å². The molecule has 0 amide bonds. The van der Waals surface area contributed by atoms with Crippen LogP contribution in [0.15, 0.2) is 18.2 Å². The molecule has 0 radical (unpaired) electrons. The maximum absolute atomic E-state index is 12.2. The molecule has 1 heterocycles. The Morgan fingerprint density at radius 3 is 3.00 bits per heavy atom. The highest BCUT2D eigenvalue weighted by atomic mass is 35.5. The number of hydrogen-bond acceptors (Lipinski definition) is 4. The summed E-state index contributed by atoms with van der Waals surface area (Å²) in [6, 6.07) is 5.20. The Morgan fingerprint density at radius 1 is 1.58 bits per heavy atom. The van der Waals surface area contributed by atoms with Crippen molar-refractivity contribution in [3.05, 3.63) is 28.8 Å². The molecule has 0 spiro atoms. The SMILES string of the molecule is COc1ccc(C(=O)CN2CCSC(C)C2)cc1Cl. The van der Waals surface area contributed by atoms with E-state index in [1.807, 2.05) is 11.8 Å². The van der Waals surface area contributed by atoms with E-state index in [1.54, 1.807) is 25.3 Å². The molecule has 3 nitrogen and oxygen atoms in total. The highest BCUT2D eigenvalue weighted by Gasteiger charge is 2.19. The van der Waals surface area contributed by atoms with Crippen molar-refractivity contribution < 1.29 is 9.53 Å². The van der Waals surface area contributed by atoms with Gasteiger partial charge in [0, 0.05) is 29.7 Å². The summed E-state index contributed by atoms with van der Waals surface area (Å²) in [7, 11) is 1.56. The van der Waals surface area contributed by atoms with Crippen LogP contribution in [-0.4, -0.2) is 48.4 Å². The molecule has 104 valence electrons. The average molecular weight is 300 g/mol. The van der Waals surface area contributed by atoms with Crippen LogP contribution in [0.1, 0.15) is 17.3 Å². The van der Waals surface area contributed by atoms with Crippen molar-refractivity contribution in [2.24, 2.45) is 0 Å². The Labute approximate surface area is 123 Å². The van der Waals surface area contributed by atoms with Crippen LogP contribution in [0.4, 0.5) is 0 Å². The van der Waals surface area contributed by atoms with Crippen molar-refractivity contribution >= 4 is 29.1 Å². The number of carbonyl (C=O) groups excluding carboxylic acids is 1. The second kappa shape index (κ2) is 6.64. The van der Waals surface area contributed by atoms with E-state index in [4.69, 9.17) is 16.3 Å². The summed E-state index contributed by atoms with van der Waals surface area (Å²) in [6.07, 6.45) is 0. The molecule has 1 atom stereocenters. The molecule has 19 heavy (non-hydrogen) atoms. The molecule has 5 heteroatoms. The highest BCUT2D eigenvalue weighted by Crippen LogP contribution is 2.25. The number of methoxy groups -OCH3 is 1. The molecule has 0 bridgehead atoms. The predicted molar refractivity (Wildman–Crippen MR) is 80.7 cm³/mol. The van der Waals surface area contributed by atoms with Crippen molar-refractivity contribution in [2.75, 3.05) is 32.5 Å². The van der Waals surface area contributed by atoms with Gasteiger partial charge in [0.05, 0.1) is 18.7 Å². The summed E-state index contributed by atoms with van der Waals surface area (Å²) < 4.78 is 5.09. The van der Waals surface area contributed by atoms with E-state index in [0.717, 1.165) is 18.8 Å². The maximum atomic E-state index is 12.2. The molecule has 1 saturated heterocycles. The number of ketones is 1. The minimum absolute atomic E-state index is 0.114. The zero-order valence-electron chi connectivity index (χ0n) is 11.2. The molecule has 0 saturated carbocycles. The van der Waals surface area contributed by atoms with E-state index in [9.17, 15) is 4.79 Å². The second-order valence-corrected chi connectivity index (χ2v) is 6.64. The van der Waals surface area contributed by atoms with Crippen molar-refractivity contribution in [1.82, 2.24) is 4.90 Å². The smallest absolute Gasteiger partial charge is 0.176 e. The molecule has 1 fully saturated rings. The molecule has 1 aliphatic heterocycles. The summed E-state index contributed by atoms with van der Waals surface area (Å²) in [5.41, 5.74) is 0.650. The van der Waals surface area contributed by atoms with Gasteiger partial charge in [0.15, 0.2) is 5.78 Å². The topological polar surface area (TPSA) is 29.5 Å². The third kappa shape index (κ3) is 3.88. The fourth-order valence-electron chi connectivity index (χ4n) is 2.17. The number of hydrogen-bond donors (Lipinski definition) is 0. The minimum atomic E-state index is 0.114. The number of ether oxygens (including phenoxy) is 1. The van der Waals surface area contributed by atoms with Crippen molar-refractivity contribution in [3.8, 4) is 5.75 Å². The van der Waals surface area contributed by atoms with E-state index in [0.29, 0.717) is 28.1 Å². The van der Waals surface area contributed by atoms with Crippen LogP contribution >= 0.6 is 23.4 Å². The van der Waals surface area contributed by atoms with Gasteiger partial charge >= 0.3 is 0 Å². The Kier molecular flexibility index (Phi) is 5.13. The van der Waals surface area contributed by atoms with Crippen LogP contribution in [0.25, 0.3) is 0 Å². The Bertz CT molecular complexity index is 467. The molecular weight excluding hydrogens is 282 g/mol. The molecule has 1 aliphatic rings. The van der Waals surface area contributed by atoms with Gasteiger partial charge in [-0.15, -0.1) is 0 Å². The lowest BCUT2D eigenvalue weighted by atomic mass is 10.1. The molecular formula is C14H18ClNO2S. The lowest BCUT2D eigenvalue weighted by molar-refractivity contribution is 0.0934. The lowest BCUT2D eigenvalue weighted by Crippen LogP contribution is -2.39. The Balaban J connectivity index is 2.01. The Morgan fingerprint density at radius 2 is 2.37 bits per heavy atom. The lowest BCUT2D eigenvalue weighted by Gasteiger charge is -2.29. The van der Waals surface area contributed by atoms with Crippen LogP contribution in [-0.2, 0) is 0 Å². The average Bonchev–Trinajstić information content (AvgIpc) is 2.38. The normalized spacial score (nSPS) is 20.3. The van der Waals surface area contributed by atoms with Gasteiger partial charge in [-0.25, -0.2) is 0 Å². The van der Waals surface area contributed by atoms with Crippen molar-refractivity contribution in [3.63, 3.8) is 0 Å². The minimum Gasteiger partial charge on any atom is -0.495 e. The molecule has 2 rings (SSSR count). The number of benzene rings is 1. The molecule has 1 aromatic carbocycles. The van der Waals surface area contributed by atoms with Gasteiger partial charge in [0.2, 0.25) is 0 Å². The number of carbonyl (C=O) groups is 1. The first-order valence-electron chi connectivity index (χ1n) is 6.31. The van der Waals surface area contributed by atoms with Crippen molar-refractivity contribution in [2.45, 2.75) is 12.2 Å². The summed E-state index contributed by atoms with van der Waals surface area (Å²) in [5, 5.41) is 1.08. The van der Waals surface area contributed by atoms with Crippen LogP contribution in [0.3, 0.4) is 0 Å². The summed E-state index contributed by atoms with van der Waals surface area (Å²) in [4.78, 5) is 14.4. The summed E-state index contributed by atoms with van der Waals surface area (Å²) in [5.74, 6) is 1.81. The molecule has 1 aromatic rings. The largest absolute Gasteiger partial charge is 0.495 e. The molecule has 1 unspecified atom stereocenters. The fourth-order valence-corrected chi connectivity index (χ4v) is 3.51. The Hall–Kier alpha value is -0.710. The molecule has 0 N–H and O–H groups in total. The van der Waals surface area contributed by atoms with Gasteiger partial charge in [-0.1, -0.05) is 18.5 Å². The standard InChI is InChI=1S/C14H18ClNO2S/c1-10-8-16(5-6-19-10)9-13(17)11-3-4-14(18-2)12(15)7-11/h3-4,7,10H,5-6,8-9H2,1-2H3. The van der Waals surface area contributed by atoms with Crippen LogP contribution in [0.2, 0.25) is 5.02 Å². The van der Waals surface area contributed by atoms with Crippen molar-refractivity contribution in [1.29, 1.82) is 0 Å². The zero-order valence-corrected chi connectivity index (χ0v) is 12.8. The number of halogens is 1. The summed E-state index contributed by atoms with van der Waals surface area (Å²) in [6.45, 7) is 4.62. The molecule has 0 aliphatic carbocycles. The number of Topliss-reactive ketones (excluding diaryl/α,β-unsaturated/α-hetero) is 1. The van der Waals surface area contributed by atoms with E-state index in [1.165, 1.54) is 0 Å². The first kappa shape index (κ1) is 14.7. The van der Waals surface area contributed by atoms with Gasteiger partial charge in [-0.3, -0.25) is 9.69 Å². The van der Waals surface area contributed by atoms with Gasteiger partial charge in [-0.05, 0) is 18.2 Å². The van der Waals surface area contributed by atoms with Crippen LogP contribution < -0.4 is 4.74 Å². The first-order valence-corrected chi connectivity index (χ1v) is 7.73. The zero-order chi connectivity index (χ0) is 13.8. The molecule has 0 aromatic heterocycles. The van der Waals surface area contributed by atoms with Gasteiger partial charge in [-0.2, -0.15) is 11.8 Å². The van der Waals surface area contributed by atoms with Gasteiger partial charge < -0.3 is 4.74 Å². The van der Waals surface area contributed by atoms with E-state index < -0.39 is 0 Å². The van der Waals surface area contributed by atoms with E-state index in [-0.39, 0.29) is 5.78 Å². The quantitative estimate of drug-likeness (QED) is 0.800. The fraction of sp³-hybridized carbons (Fsp3) is 0.500. The predicted octanol–water partition coefficient (Wildman–Crippen LogP) is 2.97. The number of nitrogens with zero attached hydrogens (tertiary/aromatic N) is 1. The highest BCUT2D eigenvalue weighted by molar-refractivity contribution is 7.99. The first-order chi connectivity index (χ1) is 9.10. The van der Waals surface area contributed by atoms with Crippen LogP contribution in [0, 0.1) is 0 Å². The van der Waals surface area contributed by atoms with E-state index in [2.05, 4.69) is 11.8 Å². The second-order valence-electron chi connectivity index (χ2n) is 4.69. The van der Waals surface area contributed by atoms with Crippen LogP contribution in [0.5, 0.6) is 5.75 Å². The van der Waals surface area contributed by atoms with E-state index >= 15 is 0 Å². The maximum Gasteiger partial charge on any atom is 0.176 e. The third-order valence-corrected chi connectivity index (χ3v) is 4.60. The number of rotatable bonds is 4. The third-order valence-electron chi connectivity index (χ3n) is 3.17. The van der Waals surface area contributed by atoms with Gasteiger partial charge in [0.25, 0.3) is 0 Å². The monoisotopic (exact) mass is 299 g/mol.